The van der Waals surface area contributed by atoms with Gasteiger partial charge in [0.1, 0.15) is 0 Å². The van der Waals surface area contributed by atoms with Crippen LogP contribution in [-0.4, -0.2) is 54.4 Å². The van der Waals surface area contributed by atoms with Crippen LogP contribution < -0.4 is 10.2 Å². The number of carbonyl (C=O) groups is 2. The molecule has 4 rings (SSSR count). The number of rotatable bonds is 5. The lowest BCUT2D eigenvalue weighted by Gasteiger charge is -2.32. The van der Waals surface area contributed by atoms with Gasteiger partial charge in [0.2, 0.25) is 11.8 Å². The van der Waals surface area contributed by atoms with Gasteiger partial charge in [0, 0.05) is 55.8 Å². The number of hydrogen-bond acceptors (Lipinski definition) is 4. The first-order valence-electron chi connectivity index (χ1n) is 10.2. The molecule has 2 amide bonds. The van der Waals surface area contributed by atoms with Crippen LogP contribution in [0.2, 0.25) is 0 Å². The van der Waals surface area contributed by atoms with E-state index in [2.05, 4.69) is 34.5 Å². The second kappa shape index (κ2) is 8.55. The molecule has 6 heteroatoms. The molecule has 0 radical (unpaired) electrons. The highest BCUT2D eigenvalue weighted by molar-refractivity contribution is 7.99. The normalized spacial score (nSPS) is 23.2. The predicted molar refractivity (Wildman–Crippen MR) is 110 cm³/mol. The van der Waals surface area contributed by atoms with Crippen LogP contribution in [0.4, 0.5) is 5.69 Å². The van der Waals surface area contributed by atoms with Gasteiger partial charge >= 0.3 is 0 Å². The maximum absolute atomic E-state index is 12.6. The van der Waals surface area contributed by atoms with Crippen LogP contribution in [0.25, 0.3) is 0 Å². The molecule has 0 bridgehead atoms. The molecule has 1 aliphatic carbocycles. The summed E-state index contributed by atoms with van der Waals surface area (Å²) in [4.78, 5) is 29.2. The van der Waals surface area contributed by atoms with Gasteiger partial charge in [0.15, 0.2) is 0 Å². The highest BCUT2D eigenvalue weighted by Crippen LogP contribution is 2.32. The standard InChI is InChI=1S/C21H29N3O2S/c25-20(18-2-1-9-24(15-18)21(26)17-5-6-17)22-14-16-3-7-19(8-4-16)23-10-12-27-13-11-23/h3-4,7-8,17-18H,1-2,5-6,9-15H2,(H,22,25). The Morgan fingerprint density at radius 3 is 2.44 bits per heavy atom. The molecule has 2 saturated heterocycles. The minimum absolute atomic E-state index is 0.0634. The summed E-state index contributed by atoms with van der Waals surface area (Å²) < 4.78 is 0. The number of nitrogens with zero attached hydrogens (tertiary/aromatic N) is 2. The van der Waals surface area contributed by atoms with Gasteiger partial charge in [-0.05, 0) is 43.4 Å². The molecule has 1 unspecified atom stereocenters. The molecule has 27 heavy (non-hydrogen) atoms. The van der Waals surface area contributed by atoms with E-state index in [9.17, 15) is 9.59 Å². The topological polar surface area (TPSA) is 52.7 Å². The van der Waals surface area contributed by atoms with Crippen molar-refractivity contribution in [3.8, 4) is 0 Å². The number of amides is 2. The summed E-state index contributed by atoms with van der Waals surface area (Å²) in [6.07, 6.45) is 3.86. The third-order valence-electron chi connectivity index (χ3n) is 5.81. The van der Waals surface area contributed by atoms with Gasteiger partial charge in [-0.25, -0.2) is 0 Å². The zero-order valence-electron chi connectivity index (χ0n) is 15.9. The second-order valence-corrected chi connectivity index (χ2v) is 9.11. The average Bonchev–Trinajstić information content (AvgIpc) is 3.58. The third kappa shape index (κ3) is 4.78. The van der Waals surface area contributed by atoms with Gasteiger partial charge < -0.3 is 15.1 Å². The van der Waals surface area contributed by atoms with E-state index >= 15 is 0 Å². The SMILES string of the molecule is O=C(NCc1ccc(N2CCSCC2)cc1)C1CCCN(C(=O)C2CC2)C1. The Morgan fingerprint density at radius 2 is 1.74 bits per heavy atom. The minimum atomic E-state index is -0.0634. The zero-order valence-corrected chi connectivity index (χ0v) is 16.7. The van der Waals surface area contributed by atoms with E-state index in [1.807, 2.05) is 16.7 Å². The van der Waals surface area contributed by atoms with Crippen LogP contribution in [0.3, 0.4) is 0 Å². The number of thioether (sulfide) groups is 1. The Bertz CT molecular complexity index is 669. The maximum atomic E-state index is 12.6. The molecule has 1 aromatic carbocycles. The smallest absolute Gasteiger partial charge is 0.225 e. The molecule has 0 spiro atoms. The van der Waals surface area contributed by atoms with Crippen molar-refractivity contribution in [1.29, 1.82) is 0 Å². The molecular formula is C21H29N3O2S. The van der Waals surface area contributed by atoms with Gasteiger partial charge in [-0.2, -0.15) is 11.8 Å². The predicted octanol–water partition coefficient (Wildman–Crippen LogP) is 2.50. The summed E-state index contributed by atoms with van der Waals surface area (Å²) in [5.41, 5.74) is 2.40. The fraction of sp³-hybridized carbons (Fsp3) is 0.619. The van der Waals surface area contributed by atoms with E-state index in [-0.39, 0.29) is 23.7 Å². The molecule has 0 aromatic heterocycles. The van der Waals surface area contributed by atoms with Crippen LogP contribution in [0, 0.1) is 11.8 Å². The van der Waals surface area contributed by atoms with Crippen molar-refractivity contribution in [2.24, 2.45) is 11.8 Å². The van der Waals surface area contributed by atoms with Gasteiger partial charge in [0.05, 0.1) is 5.92 Å². The van der Waals surface area contributed by atoms with Crippen LogP contribution in [0.15, 0.2) is 24.3 Å². The highest BCUT2D eigenvalue weighted by Gasteiger charge is 2.36. The van der Waals surface area contributed by atoms with Crippen molar-refractivity contribution in [2.45, 2.75) is 32.2 Å². The molecule has 1 N–H and O–H groups in total. The molecule has 1 saturated carbocycles. The minimum Gasteiger partial charge on any atom is -0.370 e. The van der Waals surface area contributed by atoms with E-state index in [4.69, 9.17) is 0 Å². The molecule has 146 valence electrons. The first-order valence-corrected chi connectivity index (χ1v) is 11.3. The first kappa shape index (κ1) is 18.7. The number of carbonyl (C=O) groups excluding carboxylic acids is 2. The Morgan fingerprint density at radius 1 is 1.00 bits per heavy atom. The van der Waals surface area contributed by atoms with Crippen LogP contribution in [0.1, 0.15) is 31.2 Å². The van der Waals surface area contributed by atoms with Crippen molar-refractivity contribution in [2.75, 3.05) is 42.6 Å². The number of benzene rings is 1. The number of nitrogens with one attached hydrogen (secondary N) is 1. The lowest BCUT2D eigenvalue weighted by atomic mass is 9.96. The Hall–Kier alpha value is -1.69. The van der Waals surface area contributed by atoms with E-state index in [1.54, 1.807) is 0 Å². The van der Waals surface area contributed by atoms with Crippen molar-refractivity contribution < 1.29 is 9.59 Å². The summed E-state index contributed by atoms with van der Waals surface area (Å²) in [6, 6.07) is 8.55. The van der Waals surface area contributed by atoms with Gasteiger partial charge in [-0.3, -0.25) is 9.59 Å². The van der Waals surface area contributed by atoms with Crippen molar-refractivity contribution in [1.82, 2.24) is 10.2 Å². The average molecular weight is 388 g/mol. The Labute approximate surface area is 165 Å². The fourth-order valence-corrected chi connectivity index (χ4v) is 4.86. The van der Waals surface area contributed by atoms with Gasteiger partial charge in [-0.15, -0.1) is 0 Å². The monoisotopic (exact) mass is 387 g/mol. The van der Waals surface area contributed by atoms with E-state index in [1.165, 1.54) is 17.2 Å². The zero-order chi connectivity index (χ0) is 18.6. The molecule has 3 fully saturated rings. The number of likely N-dealkylation sites (tertiary alicyclic amines) is 1. The summed E-state index contributed by atoms with van der Waals surface area (Å²) in [6.45, 7) is 4.18. The first-order chi connectivity index (χ1) is 13.2. The fourth-order valence-electron chi connectivity index (χ4n) is 3.96. The third-order valence-corrected chi connectivity index (χ3v) is 6.75. The molecule has 5 nitrogen and oxygen atoms in total. The lowest BCUT2D eigenvalue weighted by Crippen LogP contribution is -2.45. The largest absolute Gasteiger partial charge is 0.370 e. The molecule has 3 aliphatic rings. The molecule has 1 aromatic rings. The highest BCUT2D eigenvalue weighted by atomic mass is 32.2. The van der Waals surface area contributed by atoms with E-state index in [0.29, 0.717) is 13.1 Å². The van der Waals surface area contributed by atoms with Crippen molar-refractivity contribution in [3.63, 3.8) is 0 Å². The summed E-state index contributed by atoms with van der Waals surface area (Å²) in [5.74, 6) is 2.91. The van der Waals surface area contributed by atoms with Crippen molar-refractivity contribution >= 4 is 29.3 Å². The molecule has 1 atom stereocenters. The molecular weight excluding hydrogens is 358 g/mol. The summed E-state index contributed by atoms with van der Waals surface area (Å²) >= 11 is 2.01. The van der Waals surface area contributed by atoms with Crippen LogP contribution in [0.5, 0.6) is 0 Å². The summed E-state index contributed by atoms with van der Waals surface area (Å²) in [5, 5.41) is 3.08. The van der Waals surface area contributed by atoms with Crippen LogP contribution in [-0.2, 0) is 16.1 Å². The second-order valence-electron chi connectivity index (χ2n) is 7.88. The number of piperidine rings is 1. The Balaban J connectivity index is 1.26. The van der Waals surface area contributed by atoms with E-state index in [0.717, 1.165) is 50.9 Å². The van der Waals surface area contributed by atoms with Gasteiger partial charge in [-0.1, -0.05) is 12.1 Å². The number of anilines is 1. The van der Waals surface area contributed by atoms with Gasteiger partial charge in [0.25, 0.3) is 0 Å². The van der Waals surface area contributed by atoms with Crippen molar-refractivity contribution in [3.05, 3.63) is 29.8 Å². The lowest BCUT2D eigenvalue weighted by molar-refractivity contribution is -0.136. The molecule has 2 aliphatic heterocycles. The maximum Gasteiger partial charge on any atom is 0.225 e. The number of hydrogen-bond donors (Lipinski definition) is 1. The Kier molecular flexibility index (Phi) is 5.91. The molecule has 2 heterocycles. The van der Waals surface area contributed by atoms with E-state index < -0.39 is 0 Å². The summed E-state index contributed by atoms with van der Waals surface area (Å²) in [7, 11) is 0. The quantitative estimate of drug-likeness (QED) is 0.843. The van der Waals surface area contributed by atoms with Crippen LogP contribution >= 0.6 is 11.8 Å².